The summed E-state index contributed by atoms with van der Waals surface area (Å²) in [7, 11) is 7.29. The molecule has 3 aromatic rings. The molecule has 3 unspecified atom stereocenters. The Morgan fingerprint density at radius 3 is 2.17 bits per heavy atom. The van der Waals surface area contributed by atoms with E-state index in [4.69, 9.17) is 28.7 Å². The van der Waals surface area contributed by atoms with Crippen molar-refractivity contribution < 1.29 is 33.3 Å². The Hall–Kier alpha value is -4.25. The molecule has 1 aromatic heterocycles. The van der Waals surface area contributed by atoms with Crippen molar-refractivity contribution in [3.63, 3.8) is 0 Å². The molecule has 2 heterocycles. The second kappa shape index (κ2) is 11.9. The maximum atomic E-state index is 13.8. The molecule has 0 amide bonds. The Bertz CT molecular complexity index is 1400. The molecular weight excluding hydrogens is 534 g/mol. The molecule has 11 heteroatoms. The lowest BCUT2D eigenvalue weighted by atomic mass is 9.64. The molecular formula is C29H33N3O7S. The summed E-state index contributed by atoms with van der Waals surface area (Å²) >= 11 is 1.33. The number of nitrogens with one attached hydrogen (secondary N) is 2. The zero-order chi connectivity index (χ0) is 29.0. The van der Waals surface area contributed by atoms with E-state index in [1.807, 2.05) is 42.6 Å². The first-order valence-corrected chi connectivity index (χ1v) is 13.4. The van der Waals surface area contributed by atoms with Gasteiger partial charge in [0.2, 0.25) is 5.75 Å². The number of nitrogens with zero attached hydrogens (tertiary/aromatic N) is 1. The number of thiazole rings is 1. The molecule has 0 fully saturated rings. The van der Waals surface area contributed by atoms with Gasteiger partial charge in [0.15, 0.2) is 16.6 Å². The van der Waals surface area contributed by atoms with Gasteiger partial charge in [-0.25, -0.2) is 9.78 Å². The van der Waals surface area contributed by atoms with E-state index in [2.05, 4.69) is 10.6 Å². The first-order chi connectivity index (χ1) is 19.3. The molecule has 2 N–H and O–H groups in total. The molecule has 1 aliphatic heterocycles. The van der Waals surface area contributed by atoms with E-state index in [0.29, 0.717) is 39.3 Å². The van der Waals surface area contributed by atoms with E-state index >= 15 is 0 Å². The maximum Gasteiger partial charge on any atom is 0.337 e. The van der Waals surface area contributed by atoms with Crippen LogP contribution in [0.2, 0.25) is 0 Å². The highest BCUT2D eigenvalue weighted by molar-refractivity contribution is 7.14. The van der Waals surface area contributed by atoms with Gasteiger partial charge >= 0.3 is 11.9 Å². The number of aromatic nitrogens is 1. The summed E-state index contributed by atoms with van der Waals surface area (Å²) in [5.41, 5.74) is 1.58. The van der Waals surface area contributed by atoms with Crippen molar-refractivity contribution in [2.75, 3.05) is 40.9 Å². The van der Waals surface area contributed by atoms with Crippen molar-refractivity contribution in [1.29, 1.82) is 0 Å². The van der Waals surface area contributed by atoms with E-state index in [1.54, 1.807) is 40.4 Å². The number of rotatable bonds is 9. The number of hydrogen-bond acceptors (Lipinski definition) is 11. The third-order valence-corrected chi connectivity index (χ3v) is 7.95. The van der Waals surface area contributed by atoms with Crippen LogP contribution in [0.15, 0.2) is 59.1 Å². The average molecular weight is 568 g/mol. The van der Waals surface area contributed by atoms with Gasteiger partial charge in [-0.2, -0.15) is 0 Å². The predicted molar refractivity (Wildman–Crippen MR) is 152 cm³/mol. The van der Waals surface area contributed by atoms with Crippen LogP contribution in [0.5, 0.6) is 17.2 Å². The van der Waals surface area contributed by atoms with Crippen LogP contribution in [0.25, 0.3) is 11.3 Å². The van der Waals surface area contributed by atoms with Crippen LogP contribution >= 0.6 is 11.3 Å². The Kier molecular flexibility index (Phi) is 8.53. The van der Waals surface area contributed by atoms with Crippen molar-refractivity contribution >= 4 is 28.4 Å². The fraction of sp³-hybridized carbons (Fsp3) is 0.345. The van der Waals surface area contributed by atoms with Crippen molar-refractivity contribution in [2.45, 2.75) is 31.3 Å². The van der Waals surface area contributed by atoms with E-state index < -0.39 is 29.4 Å². The quantitative estimate of drug-likeness (QED) is 0.365. The van der Waals surface area contributed by atoms with Crippen molar-refractivity contribution in [3.8, 4) is 28.5 Å². The molecule has 10 nitrogen and oxygen atoms in total. The summed E-state index contributed by atoms with van der Waals surface area (Å²) in [6, 6.07) is 11.5. The number of ether oxygens (including phenoxy) is 5. The lowest BCUT2D eigenvalue weighted by Gasteiger charge is -2.47. The zero-order valence-corrected chi connectivity index (χ0v) is 24.3. The van der Waals surface area contributed by atoms with Gasteiger partial charge in [0.1, 0.15) is 5.41 Å². The van der Waals surface area contributed by atoms with E-state index in [-0.39, 0.29) is 5.57 Å². The van der Waals surface area contributed by atoms with E-state index in [9.17, 15) is 9.59 Å². The number of esters is 2. The number of allylic oxidation sites excluding steroid dienone is 1. The number of hydrogen-bond donors (Lipinski definition) is 2. The Balaban J connectivity index is 1.86. The minimum absolute atomic E-state index is 0.277. The van der Waals surface area contributed by atoms with Gasteiger partial charge in [0, 0.05) is 22.7 Å². The monoisotopic (exact) mass is 567 g/mol. The normalized spacial score (nSPS) is 20.3. The number of benzene rings is 2. The molecule has 0 aliphatic carbocycles. The summed E-state index contributed by atoms with van der Waals surface area (Å²) in [4.78, 5) is 31.7. The Morgan fingerprint density at radius 2 is 1.62 bits per heavy atom. The molecule has 2 aromatic carbocycles. The molecule has 0 bridgehead atoms. The number of anilines is 1. The van der Waals surface area contributed by atoms with Crippen molar-refractivity contribution in [2.24, 2.45) is 0 Å². The summed E-state index contributed by atoms with van der Waals surface area (Å²) < 4.78 is 27.0. The van der Waals surface area contributed by atoms with Crippen LogP contribution in [-0.2, 0) is 24.5 Å². The van der Waals surface area contributed by atoms with E-state index in [0.717, 1.165) is 5.56 Å². The van der Waals surface area contributed by atoms with Gasteiger partial charge in [0.25, 0.3) is 0 Å². The van der Waals surface area contributed by atoms with Gasteiger partial charge in [-0.3, -0.25) is 4.79 Å². The van der Waals surface area contributed by atoms with Gasteiger partial charge < -0.3 is 34.3 Å². The first kappa shape index (κ1) is 28.8. The summed E-state index contributed by atoms with van der Waals surface area (Å²) in [5, 5.41) is 9.07. The standard InChI is InChI=1S/C29H33N3O7S/c1-16-23(26(33)38-6)25(29(17(2)30-16,27(34)39-7)19-11-9-8-10-12-19)32-28-31-20(15-40-28)18-13-21(35-3)24(37-5)22(14-18)36-4/h8-15,17,25,30H,1-7H3,(H,31,32). The molecule has 212 valence electrons. The SMILES string of the molecule is COC(=O)C1=C(C)NC(C)C(C(=O)OC)(c2ccccc2)C1Nc1nc(-c2cc(OC)c(OC)c(OC)c2)cs1. The fourth-order valence-corrected chi connectivity index (χ4v) is 6.06. The van der Waals surface area contributed by atoms with Crippen LogP contribution in [0, 0.1) is 0 Å². The van der Waals surface area contributed by atoms with Crippen LogP contribution in [-0.4, -0.2) is 64.6 Å². The average Bonchev–Trinajstić information content (AvgIpc) is 3.45. The number of methoxy groups -OCH3 is 5. The molecule has 1 aliphatic rings. The second-order valence-corrected chi connectivity index (χ2v) is 10.0. The van der Waals surface area contributed by atoms with Gasteiger partial charge in [-0.15, -0.1) is 11.3 Å². The van der Waals surface area contributed by atoms with Crippen LogP contribution in [0.3, 0.4) is 0 Å². The maximum absolute atomic E-state index is 13.8. The predicted octanol–water partition coefficient (Wildman–Crippen LogP) is 4.17. The smallest absolute Gasteiger partial charge is 0.337 e. The number of carbonyl (C=O) groups is 2. The third kappa shape index (κ3) is 4.81. The Labute approximate surface area is 237 Å². The fourth-order valence-electron chi connectivity index (χ4n) is 5.31. The molecule has 3 atom stereocenters. The minimum atomic E-state index is -1.34. The highest BCUT2D eigenvalue weighted by atomic mass is 32.1. The van der Waals surface area contributed by atoms with Crippen molar-refractivity contribution in [3.05, 3.63) is 64.7 Å². The third-order valence-electron chi connectivity index (χ3n) is 7.18. The lowest BCUT2D eigenvalue weighted by Crippen LogP contribution is -2.65. The number of carbonyl (C=O) groups excluding carboxylic acids is 2. The van der Waals surface area contributed by atoms with Crippen LogP contribution < -0.4 is 24.8 Å². The summed E-state index contributed by atoms with van der Waals surface area (Å²) in [5.74, 6) is 0.380. The molecule has 0 radical (unpaired) electrons. The summed E-state index contributed by atoms with van der Waals surface area (Å²) in [6.07, 6.45) is 0. The second-order valence-electron chi connectivity index (χ2n) is 9.15. The summed E-state index contributed by atoms with van der Waals surface area (Å²) in [6.45, 7) is 3.67. The van der Waals surface area contributed by atoms with E-state index in [1.165, 1.54) is 25.6 Å². The molecule has 4 rings (SSSR count). The Morgan fingerprint density at radius 1 is 0.975 bits per heavy atom. The molecule has 40 heavy (non-hydrogen) atoms. The van der Waals surface area contributed by atoms with Crippen LogP contribution in [0.1, 0.15) is 19.4 Å². The highest BCUT2D eigenvalue weighted by Crippen LogP contribution is 2.44. The first-order valence-electron chi connectivity index (χ1n) is 12.5. The van der Waals surface area contributed by atoms with Crippen LogP contribution in [0.4, 0.5) is 5.13 Å². The molecule has 0 saturated heterocycles. The van der Waals surface area contributed by atoms with Crippen molar-refractivity contribution in [1.82, 2.24) is 10.3 Å². The molecule has 0 spiro atoms. The minimum Gasteiger partial charge on any atom is -0.493 e. The van der Waals surface area contributed by atoms with Gasteiger partial charge in [-0.1, -0.05) is 30.3 Å². The molecule has 0 saturated carbocycles. The van der Waals surface area contributed by atoms with Gasteiger partial charge in [0.05, 0.1) is 52.9 Å². The largest absolute Gasteiger partial charge is 0.493 e. The topological polar surface area (TPSA) is 117 Å². The lowest BCUT2D eigenvalue weighted by molar-refractivity contribution is -0.149. The zero-order valence-electron chi connectivity index (χ0n) is 23.5. The highest BCUT2D eigenvalue weighted by Gasteiger charge is 2.58. The van der Waals surface area contributed by atoms with Gasteiger partial charge in [-0.05, 0) is 31.5 Å².